The molecule has 0 aliphatic rings. The Labute approximate surface area is 102 Å². The Balaban J connectivity index is 2.26. The Morgan fingerprint density at radius 1 is 1.18 bits per heavy atom. The largest absolute Gasteiger partial charge is 0.370 e. The third kappa shape index (κ3) is 3.03. The standard InChI is InChI=1S/C14H17N3/c1-3-7-15-14-9-13(16-10-17-14)12-6-4-5-11(2)8-12/h4-6,8-10H,3,7H2,1-2H3,(H,15,16,17). The summed E-state index contributed by atoms with van der Waals surface area (Å²) in [7, 11) is 0. The van der Waals surface area contributed by atoms with Crippen LogP contribution in [0.25, 0.3) is 11.3 Å². The van der Waals surface area contributed by atoms with Gasteiger partial charge in [0.1, 0.15) is 12.1 Å². The summed E-state index contributed by atoms with van der Waals surface area (Å²) in [6.07, 6.45) is 2.69. The molecular formula is C14H17N3. The van der Waals surface area contributed by atoms with Crippen molar-refractivity contribution in [2.75, 3.05) is 11.9 Å². The van der Waals surface area contributed by atoms with Crippen LogP contribution in [-0.2, 0) is 0 Å². The number of nitrogens with zero attached hydrogens (tertiary/aromatic N) is 2. The SMILES string of the molecule is CCCNc1cc(-c2cccc(C)c2)ncn1. The summed E-state index contributed by atoms with van der Waals surface area (Å²) < 4.78 is 0. The summed E-state index contributed by atoms with van der Waals surface area (Å²) >= 11 is 0. The molecule has 1 N–H and O–H groups in total. The smallest absolute Gasteiger partial charge is 0.129 e. The maximum Gasteiger partial charge on any atom is 0.129 e. The van der Waals surface area contributed by atoms with Gasteiger partial charge in [0, 0.05) is 18.2 Å². The molecule has 88 valence electrons. The van der Waals surface area contributed by atoms with E-state index in [0.29, 0.717) is 0 Å². The molecule has 3 heteroatoms. The number of rotatable bonds is 4. The second-order valence-corrected chi connectivity index (χ2v) is 4.08. The van der Waals surface area contributed by atoms with Gasteiger partial charge in [0.15, 0.2) is 0 Å². The van der Waals surface area contributed by atoms with Crippen molar-refractivity contribution >= 4 is 5.82 Å². The van der Waals surface area contributed by atoms with Crippen molar-refractivity contribution < 1.29 is 0 Å². The molecule has 17 heavy (non-hydrogen) atoms. The zero-order chi connectivity index (χ0) is 12.1. The maximum absolute atomic E-state index is 4.31. The van der Waals surface area contributed by atoms with Crippen LogP contribution < -0.4 is 5.32 Å². The molecule has 0 radical (unpaired) electrons. The van der Waals surface area contributed by atoms with Gasteiger partial charge in [-0.2, -0.15) is 0 Å². The van der Waals surface area contributed by atoms with Gasteiger partial charge in [-0.05, 0) is 19.4 Å². The van der Waals surface area contributed by atoms with E-state index in [4.69, 9.17) is 0 Å². The predicted octanol–water partition coefficient (Wildman–Crippen LogP) is 3.27. The van der Waals surface area contributed by atoms with Gasteiger partial charge in [0.05, 0.1) is 5.69 Å². The van der Waals surface area contributed by atoms with E-state index in [1.807, 2.05) is 12.1 Å². The number of aromatic nitrogens is 2. The molecule has 2 aromatic rings. The van der Waals surface area contributed by atoms with Crippen molar-refractivity contribution in [3.63, 3.8) is 0 Å². The summed E-state index contributed by atoms with van der Waals surface area (Å²) in [5.74, 6) is 0.887. The van der Waals surface area contributed by atoms with Crippen LogP contribution >= 0.6 is 0 Å². The highest BCUT2D eigenvalue weighted by Crippen LogP contribution is 2.19. The molecule has 1 aromatic carbocycles. The number of nitrogens with one attached hydrogen (secondary N) is 1. The molecule has 0 unspecified atom stereocenters. The van der Waals surface area contributed by atoms with Gasteiger partial charge in [-0.1, -0.05) is 30.7 Å². The molecule has 0 saturated carbocycles. The molecule has 0 amide bonds. The highest BCUT2D eigenvalue weighted by atomic mass is 15.0. The Bertz CT molecular complexity index is 494. The van der Waals surface area contributed by atoms with Crippen molar-refractivity contribution in [1.82, 2.24) is 9.97 Å². The highest BCUT2D eigenvalue weighted by molar-refractivity contribution is 5.62. The molecule has 0 aliphatic carbocycles. The van der Waals surface area contributed by atoms with Crippen molar-refractivity contribution in [3.05, 3.63) is 42.2 Å². The fourth-order valence-corrected chi connectivity index (χ4v) is 1.67. The van der Waals surface area contributed by atoms with E-state index in [1.54, 1.807) is 6.33 Å². The fourth-order valence-electron chi connectivity index (χ4n) is 1.67. The third-order valence-electron chi connectivity index (χ3n) is 2.54. The molecule has 0 atom stereocenters. The van der Waals surface area contributed by atoms with Crippen molar-refractivity contribution in [3.8, 4) is 11.3 Å². The zero-order valence-corrected chi connectivity index (χ0v) is 10.3. The first-order valence-electron chi connectivity index (χ1n) is 5.92. The number of benzene rings is 1. The van der Waals surface area contributed by atoms with Gasteiger partial charge in [0.2, 0.25) is 0 Å². The minimum atomic E-state index is 0.887. The molecule has 0 saturated heterocycles. The van der Waals surface area contributed by atoms with Crippen LogP contribution in [0.15, 0.2) is 36.7 Å². The lowest BCUT2D eigenvalue weighted by molar-refractivity contribution is 0.965. The van der Waals surface area contributed by atoms with Gasteiger partial charge in [-0.3, -0.25) is 0 Å². The molecule has 1 heterocycles. The fraction of sp³-hybridized carbons (Fsp3) is 0.286. The number of hydrogen-bond acceptors (Lipinski definition) is 3. The number of aryl methyl sites for hydroxylation is 1. The van der Waals surface area contributed by atoms with Crippen LogP contribution in [-0.4, -0.2) is 16.5 Å². The van der Waals surface area contributed by atoms with Gasteiger partial charge in [-0.15, -0.1) is 0 Å². The van der Waals surface area contributed by atoms with Crippen molar-refractivity contribution in [2.24, 2.45) is 0 Å². The Morgan fingerprint density at radius 2 is 2.06 bits per heavy atom. The highest BCUT2D eigenvalue weighted by Gasteiger charge is 2.01. The maximum atomic E-state index is 4.31. The summed E-state index contributed by atoms with van der Waals surface area (Å²) in [4.78, 5) is 8.51. The van der Waals surface area contributed by atoms with Crippen molar-refractivity contribution in [2.45, 2.75) is 20.3 Å². The van der Waals surface area contributed by atoms with E-state index in [9.17, 15) is 0 Å². The summed E-state index contributed by atoms with van der Waals surface area (Å²) in [5, 5.41) is 3.27. The van der Waals surface area contributed by atoms with Crippen LogP contribution in [0.4, 0.5) is 5.82 Å². The average Bonchev–Trinajstić information content (AvgIpc) is 2.37. The Hall–Kier alpha value is -1.90. The quantitative estimate of drug-likeness (QED) is 0.871. The van der Waals surface area contributed by atoms with Crippen LogP contribution in [0.5, 0.6) is 0 Å². The van der Waals surface area contributed by atoms with Gasteiger partial charge in [-0.25, -0.2) is 9.97 Å². The summed E-state index contributed by atoms with van der Waals surface area (Å²) in [6.45, 7) is 5.15. The first-order chi connectivity index (χ1) is 8.29. The molecular weight excluding hydrogens is 210 g/mol. The second kappa shape index (κ2) is 5.43. The summed E-state index contributed by atoms with van der Waals surface area (Å²) in [6, 6.07) is 10.3. The average molecular weight is 227 g/mol. The molecule has 2 rings (SSSR count). The molecule has 0 spiro atoms. The predicted molar refractivity (Wildman–Crippen MR) is 71.0 cm³/mol. The Morgan fingerprint density at radius 3 is 2.82 bits per heavy atom. The van der Waals surface area contributed by atoms with Crippen LogP contribution in [0.1, 0.15) is 18.9 Å². The minimum absolute atomic E-state index is 0.887. The molecule has 0 bridgehead atoms. The number of anilines is 1. The second-order valence-electron chi connectivity index (χ2n) is 4.08. The zero-order valence-electron chi connectivity index (χ0n) is 10.3. The number of hydrogen-bond donors (Lipinski definition) is 1. The molecule has 3 nitrogen and oxygen atoms in total. The summed E-state index contributed by atoms with van der Waals surface area (Å²) in [5.41, 5.74) is 3.33. The van der Waals surface area contributed by atoms with E-state index < -0.39 is 0 Å². The van der Waals surface area contributed by atoms with E-state index in [2.05, 4.69) is 47.3 Å². The topological polar surface area (TPSA) is 37.8 Å². The van der Waals surface area contributed by atoms with Gasteiger partial charge in [0.25, 0.3) is 0 Å². The van der Waals surface area contributed by atoms with E-state index in [0.717, 1.165) is 30.0 Å². The first kappa shape index (κ1) is 11.6. The monoisotopic (exact) mass is 227 g/mol. The van der Waals surface area contributed by atoms with Crippen molar-refractivity contribution in [1.29, 1.82) is 0 Å². The van der Waals surface area contributed by atoms with Gasteiger partial charge >= 0.3 is 0 Å². The normalized spacial score (nSPS) is 10.2. The van der Waals surface area contributed by atoms with E-state index in [1.165, 1.54) is 5.56 Å². The lowest BCUT2D eigenvalue weighted by Gasteiger charge is -2.06. The van der Waals surface area contributed by atoms with Gasteiger partial charge < -0.3 is 5.32 Å². The minimum Gasteiger partial charge on any atom is -0.370 e. The Kier molecular flexibility index (Phi) is 3.70. The van der Waals surface area contributed by atoms with Crippen LogP contribution in [0.3, 0.4) is 0 Å². The third-order valence-corrected chi connectivity index (χ3v) is 2.54. The van der Waals surface area contributed by atoms with E-state index >= 15 is 0 Å². The van der Waals surface area contributed by atoms with Crippen LogP contribution in [0, 0.1) is 6.92 Å². The lowest BCUT2D eigenvalue weighted by atomic mass is 10.1. The lowest BCUT2D eigenvalue weighted by Crippen LogP contribution is -2.02. The van der Waals surface area contributed by atoms with Crippen LogP contribution in [0.2, 0.25) is 0 Å². The molecule has 0 aliphatic heterocycles. The molecule has 1 aromatic heterocycles. The first-order valence-corrected chi connectivity index (χ1v) is 5.92. The van der Waals surface area contributed by atoms with E-state index in [-0.39, 0.29) is 0 Å². The molecule has 0 fully saturated rings.